The maximum Gasteiger partial charge on any atom is 0.319 e. The van der Waals surface area contributed by atoms with E-state index in [2.05, 4.69) is 15.6 Å². The third kappa shape index (κ3) is 5.43. The smallest absolute Gasteiger partial charge is 0.319 e. The molecule has 0 saturated carbocycles. The Hall–Kier alpha value is -2.89. The third-order valence-electron chi connectivity index (χ3n) is 3.22. The van der Waals surface area contributed by atoms with Crippen molar-refractivity contribution in [2.24, 2.45) is 0 Å². The number of nitrogens with zero attached hydrogens (tertiary/aromatic N) is 2. The highest BCUT2D eigenvalue weighted by atomic mass is 16.2. The van der Waals surface area contributed by atoms with Crippen LogP contribution < -0.4 is 10.6 Å². The van der Waals surface area contributed by atoms with Gasteiger partial charge in [0.25, 0.3) is 0 Å². The summed E-state index contributed by atoms with van der Waals surface area (Å²) in [6.07, 6.45) is 2.03. The molecule has 1 aromatic carbocycles. The van der Waals surface area contributed by atoms with Gasteiger partial charge in [0.1, 0.15) is 0 Å². The molecule has 0 fully saturated rings. The fourth-order valence-electron chi connectivity index (χ4n) is 1.89. The molecule has 2 rings (SSSR count). The Morgan fingerprint density at radius 3 is 2.43 bits per heavy atom. The summed E-state index contributed by atoms with van der Waals surface area (Å²) in [5.74, 6) is 0.0406. The maximum atomic E-state index is 11.8. The summed E-state index contributed by atoms with van der Waals surface area (Å²) in [4.78, 5) is 29.1. The van der Waals surface area contributed by atoms with Gasteiger partial charge in [0.05, 0.1) is 18.7 Å². The van der Waals surface area contributed by atoms with Crippen LogP contribution in [0, 0.1) is 0 Å². The molecular formula is C17H20N4O2. The van der Waals surface area contributed by atoms with Crippen molar-refractivity contribution in [1.82, 2.24) is 15.2 Å². The second-order valence-electron chi connectivity index (χ2n) is 5.29. The Kier molecular flexibility index (Phi) is 5.68. The van der Waals surface area contributed by atoms with Crippen molar-refractivity contribution in [2.75, 3.05) is 19.4 Å². The number of carbonyl (C=O) groups is 2. The van der Waals surface area contributed by atoms with Gasteiger partial charge >= 0.3 is 6.03 Å². The van der Waals surface area contributed by atoms with E-state index in [1.165, 1.54) is 0 Å². The Labute approximate surface area is 135 Å². The molecule has 0 spiro atoms. The van der Waals surface area contributed by atoms with Crippen molar-refractivity contribution < 1.29 is 9.59 Å². The third-order valence-corrected chi connectivity index (χ3v) is 3.22. The predicted molar refractivity (Wildman–Crippen MR) is 88.9 cm³/mol. The lowest BCUT2D eigenvalue weighted by Crippen LogP contribution is -2.28. The topological polar surface area (TPSA) is 74.3 Å². The minimum absolute atomic E-state index is 0.0406. The van der Waals surface area contributed by atoms with E-state index in [1.54, 1.807) is 37.3 Å². The van der Waals surface area contributed by atoms with Crippen molar-refractivity contribution in [2.45, 2.75) is 13.0 Å². The van der Waals surface area contributed by atoms with Crippen LogP contribution >= 0.6 is 0 Å². The average Bonchev–Trinajstić information content (AvgIpc) is 2.55. The SMILES string of the molecule is CN(C)C(=O)Cc1ccc(NC(=O)NCc2ccccn2)cc1. The highest BCUT2D eigenvalue weighted by Gasteiger charge is 2.06. The molecule has 0 aliphatic heterocycles. The van der Waals surface area contributed by atoms with Crippen molar-refractivity contribution in [1.29, 1.82) is 0 Å². The van der Waals surface area contributed by atoms with Crippen LogP contribution in [-0.2, 0) is 17.8 Å². The molecule has 3 amide bonds. The number of nitrogens with one attached hydrogen (secondary N) is 2. The number of benzene rings is 1. The van der Waals surface area contributed by atoms with Crippen LogP contribution in [-0.4, -0.2) is 35.9 Å². The molecule has 2 aromatic rings. The van der Waals surface area contributed by atoms with Crippen LogP contribution in [0.4, 0.5) is 10.5 Å². The van der Waals surface area contributed by atoms with Crippen LogP contribution in [0.25, 0.3) is 0 Å². The lowest BCUT2D eigenvalue weighted by Gasteiger charge is -2.11. The summed E-state index contributed by atoms with van der Waals surface area (Å²) in [5, 5.41) is 5.48. The molecule has 1 aromatic heterocycles. The minimum Gasteiger partial charge on any atom is -0.349 e. The largest absolute Gasteiger partial charge is 0.349 e. The van der Waals surface area contributed by atoms with Gasteiger partial charge in [0, 0.05) is 26.0 Å². The second-order valence-corrected chi connectivity index (χ2v) is 5.29. The number of rotatable bonds is 5. The number of aromatic nitrogens is 1. The first-order valence-corrected chi connectivity index (χ1v) is 7.28. The van der Waals surface area contributed by atoms with Crippen molar-refractivity contribution in [3.63, 3.8) is 0 Å². The molecule has 0 radical (unpaired) electrons. The van der Waals surface area contributed by atoms with E-state index in [4.69, 9.17) is 0 Å². The van der Waals surface area contributed by atoms with E-state index >= 15 is 0 Å². The second kappa shape index (κ2) is 7.93. The lowest BCUT2D eigenvalue weighted by molar-refractivity contribution is -0.127. The van der Waals surface area contributed by atoms with Crippen molar-refractivity contribution >= 4 is 17.6 Å². The minimum atomic E-state index is -0.298. The summed E-state index contributed by atoms with van der Waals surface area (Å²) >= 11 is 0. The first-order chi connectivity index (χ1) is 11.0. The van der Waals surface area contributed by atoms with E-state index in [-0.39, 0.29) is 11.9 Å². The lowest BCUT2D eigenvalue weighted by atomic mass is 10.1. The molecule has 120 valence electrons. The zero-order chi connectivity index (χ0) is 16.7. The Bertz CT molecular complexity index is 654. The number of carbonyl (C=O) groups excluding carboxylic acids is 2. The number of amides is 3. The van der Waals surface area contributed by atoms with Crippen LogP contribution in [0.3, 0.4) is 0 Å². The normalized spacial score (nSPS) is 10.0. The van der Waals surface area contributed by atoms with E-state index in [0.29, 0.717) is 18.7 Å². The summed E-state index contributed by atoms with van der Waals surface area (Å²) < 4.78 is 0. The highest BCUT2D eigenvalue weighted by Crippen LogP contribution is 2.10. The standard InChI is InChI=1S/C17H20N4O2/c1-21(2)16(22)11-13-6-8-14(9-7-13)20-17(23)19-12-15-5-3-4-10-18-15/h3-10H,11-12H2,1-2H3,(H2,19,20,23). The van der Waals surface area contributed by atoms with Gasteiger partial charge in [-0.05, 0) is 29.8 Å². The van der Waals surface area contributed by atoms with Gasteiger partial charge < -0.3 is 15.5 Å². The van der Waals surface area contributed by atoms with Crippen LogP contribution in [0.5, 0.6) is 0 Å². The number of hydrogen-bond donors (Lipinski definition) is 2. The zero-order valence-electron chi connectivity index (χ0n) is 13.2. The Balaban J connectivity index is 1.83. The van der Waals surface area contributed by atoms with Gasteiger partial charge in [-0.25, -0.2) is 4.79 Å². The molecule has 6 heteroatoms. The van der Waals surface area contributed by atoms with E-state index < -0.39 is 0 Å². The zero-order valence-corrected chi connectivity index (χ0v) is 13.2. The first kappa shape index (κ1) is 16.5. The number of anilines is 1. The van der Waals surface area contributed by atoms with E-state index in [9.17, 15) is 9.59 Å². The predicted octanol–water partition coefficient (Wildman–Crippen LogP) is 2.03. The fraction of sp³-hybridized carbons (Fsp3) is 0.235. The van der Waals surface area contributed by atoms with Crippen molar-refractivity contribution in [3.05, 3.63) is 59.9 Å². The highest BCUT2D eigenvalue weighted by molar-refractivity contribution is 5.89. The van der Waals surface area contributed by atoms with Gasteiger partial charge in [0.2, 0.25) is 5.91 Å². The number of hydrogen-bond acceptors (Lipinski definition) is 3. The van der Waals surface area contributed by atoms with Gasteiger partial charge in [0.15, 0.2) is 0 Å². The molecule has 1 heterocycles. The number of urea groups is 1. The molecule has 0 aliphatic carbocycles. The Morgan fingerprint density at radius 1 is 1.09 bits per heavy atom. The molecular weight excluding hydrogens is 292 g/mol. The maximum absolute atomic E-state index is 11.8. The summed E-state index contributed by atoms with van der Waals surface area (Å²) in [5.41, 5.74) is 2.37. The first-order valence-electron chi connectivity index (χ1n) is 7.28. The van der Waals surface area contributed by atoms with Crippen LogP contribution in [0.1, 0.15) is 11.3 Å². The molecule has 0 aliphatic rings. The van der Waals surface area contributed by atoms with Crippen LogP contribution in [0.2, 0.25) is 0 Å². The van der Waals surface area contributed by atoms with Gasteiger partial charge in [-0.15, -0.1) is 0 Å². The molecule has 6 nitrogen and oxygen atoms in total. The molecule has 0 atom stereocenters. The number of likely N-dealkylation sites (N-methyl/N-ethyl adjacent to an activating group) is 1. The number of pyridine rings is 1. The molecule has 0 saturated heterocycles. The molecule has 0 bridgehead atoms. The van der Waals surface area contributed by atoms with Gasteiger partial charge in [-0.3, -0.25) is 9.78 Å². The Morgan fingerprint density at radius 2 is 1.83 bits per heavy atom. The summed E-state index contributed by atoms with van der Waals surface area (Å²) in [7, 11) is 3.45. The fourth-order valence-corrected chi connectivity index (χ4v) is 1.89. The molecule has 23 heavy (non-hydrogen) atoms. The summed E-state index contributed by atoms with van der Waals surface area (Å²) in [6, 6.07) is 12.5. The molecule has 2 N–H and O–H groups in total. The van der Waals surface area contributed by atoms with Crippen molar-refractivity contribution in [3.8, 4) is 0 Å². The summed E-state index contributed by atoms with van der Waals surface area (Å²) in [6.45, 7) is 0.363. The quantitative estimate of drug-likeness (QED) is 0.887. The van der Waals surface area contributed by atoms with Crippen LogP contribution in [0.15, 0.2) is 48.7 Å². The van der Waals surface area contributed by atoms with E-state index in [1.807, 2.05) is 30.3 Å². The monoisotopic (exact) mass is 312 g/mol. The molecule has 0 unspecified atom stereocenters. The average molecular weight is 312 g/mol. The van der Waals surface area contributed by atoms with E-state index in [0.717, 1.165) is 11.3 Å². The van der Waals surface area contributed by atoms with Gasteiger partial charge in [-0.2, -0.15) is 0 Å². The van der Waals surface area contributed by atoms with Gasteiger partial charge in [-0.1, -0.05) is 18.2 Å².